The number of anilines is 3. The maximum atomic E-state index is 13.5. The lowest BCUT2D eigenvalue weighted by molar-refractivity contribution is 0.233. The number of carbonyl (C=O) groups is 1. The van der Waals surface area contributed by atoms with Gasteiger partial charge in [-0.15, -0.1) is 4.41 Å². The predicted octanol–water partition coefficient (Wildman–Crippen LogP) is 4.39. The van der Waals surface area contributed by atoms with Crippen LogP contribution in [0.3, 0.4) is 0 Å². The molecular weight excluding hydrogens is 400 g/mol. The number of nitrogens with zero attached hydrogens (tertiary/aromatic N) is 3. The number of urea groups is 1. The molecule has 2 aliphatic rings. The van der Waals surface area contributed by atoms with Gasteiger partial charge in [-0.25, -0.2) is 13.2 Å². The van der Waals surface area contributed by atoms with Crippen molar-refractivity contribution in [3.05, 3.63) is 53.6 Å². The summed E-state index contributed by atoms with van der Waals surface area (Å²) in [4.78, 5) is 14.9. The number of hydrazone groups is 1. The third-order valence-corrected chi connectivity index (χ3v) is 6.55. The van der Waals surface area contributed by atoms with Gasteiger partial charge in [0.05, 0.1) is 23.3 Å². The standard InChI is InChI=1S/C22H26N4O3S/c1-15-8-13-19-20(14-15)25(18-11-9-17(23)10-12-18)22(27)26(30(2,28)29)24-21(19)16-6-4-3-5-7-16/h8-14,16H,3-7,23H2,1-2H3. The SMILES string of the molecule is Cc1ccc2c(c1)N(c1ccc(N)cc1)C(=O)N(S(C)(=O)=O)N=C2C1CCCCC1. The van der Waals surface area contributed by atoms with E-state index >= 15 is 0 Å². The van der Waals surface area contributed by atoms with Crippen molar-refractivity contribution in [2.45, 2.75) is 39.0 Å². The quantitative estimate of drug-likeness (QED) is 0.736. The summed E-state index contributed by atoms with van der Waals surface area (Å²) in [6.45, 7) is 1.95. The molecule has 158 valence electrons. The Kier molecular flexibility index (Phi) is 5.27. The van der Waals surface area contributed by atoms with Crippen molar-refractivity contribution >= 4 is 38.8 Å². The zero-order chi connectivity index (χ0) is 21.5. The van der Waals surface area contributed by atoms with E-state index in [9.17, 15) is 13.2 Å². The van der Waals surface area contributed by atoms with E-state index in [1.54, 1.807) is 24.3 Å². The van der Waals surface area contributed by atoms with E-state index in [1.165, 1.54) is 4.90 Å². The molecule has 2 N–H and O–H groups in total. The van der Waals surface area contributed by atoms with E-state index in [0.29, 0.717) is 27.2 Å². The van der Waals surface area contributed by atoms with Gasteiger partial charge in [0.2, 0.25) is 0 Å². The highest BCUT2D eigenvalue weighted by atomic mass is 32.2. The molecule has 0 aromatic heterocycles. The zero-order valence-corrected chi connectivity index (χ0v) is 18.0. The van der Waals surface area contributed by atoms with E-state index < -0.39 is 16.1 Å². The molecule has 30 heavy (non-hydrogen) atoms. The molecule has 0 spiro atoms. The molecular formula is C22H26N4O3S. The Balaban J connectivity index is 1.97. The van der Waals surface area contributed by atoms with Crippen molar-refractivity contribution < 1.29 is 13.2 Å². The van der Waals surface area contributed by atoms with Gasteiger partial charge in [0, 0.05) is 17.2 Å². The van der Waals surface area contributed by atoms with Crippen LogP contribution in [-0.2, 0) is 10.0 Å². The second-order valence-corrected chi connectivity index (χ2v) is 9.87. The van der Waals surface area contributed by atoms with Crippen LogP contribution in [0, 0.1) is 12.8 Å². The van der Waals surface area contributed by atoms with Crippen molar-refractivity contribution in [2.24, 2.45) is 11.0 Å². The number of hydrogen-bond donors (Lipinski definition) is 1. The van der Waals surface area contributed by atoms with Crippen LogP contribution in [-0.4, -0.2) is 30.8 Å². The molecule has 0 radical (unpaired) electrons. The van der Waals surface area contributed by atoms with Crippen molar-refractivity contribution in [3.8, 4) is 0 Å². The Hall–Kier alpha value is -2.87. The Morgan fingerprint density at radius 1 is 1.03 bits per heavy atom. The summed E-state index contributed by atoms with van der Waals surface area (Å²) in [7, 11) is -3.92. The molecule has 0 unspecified atom stereocenters. The van der Waals surface area contributed by atoms with Crippen LogP contribution >= 0.6 is 0 Å². The van der Waals surface area contributed by atoms with E-state index in [0.717, 1.165) is 49.5 Å². The number of hydrogen-bond acceptors (Lipinski definition) is 5. The number of sulfonamides is 1. The molecule has 1 aliphatic carbocycles. The van der Waals surface area contributed by atoms with Gasteiger partial charge in [-0.3, -0.25) is 4.90 Å². The number of amides is 2. The van der Waals surface area contributed by atoms with Gasteiger partial charge < -0.3 is 5.73 Å². The molecule has 7 nitrogen and oxygen atoms in total. The Labute approximate surface area is 177 Å². The van der Waals surface area contributed by atoms with Crippen molar-refractivity contribution in [1.29, 1.82) is 0 Å². The van der Waals surface area contributed by atoms with Gasteiger partial charge in [0.25, 0.3) is 10.0 Å². The summed E-state index contributed by atoms with van der Waals surface area (Å²) in [5, 5.41) is 4.46. The van der Waals surface area contributed by atoms with E-state index in [2.05, 4.69) is 5.10 Å². The number of fused-ring (bicyclic) bond motifs is 1. The minimum absolute atomic E-state index is 0.114. The van der Waals surface area contributed by atoms with Gasteiger partial charge >= 0.3 is 6.03 Å². The van der Waals surface area contributed by atoms with Crippen LogP contribution in [0.15, 0.2) is 47.6 Å². The Morgan fingerprint density at radius 2 is 1.70 bits per heavy atom. The average Bonchev–Trinajstić information content (AvgIpc) is 2.83. The fraction of sp³-hybridized carbons (Fsp3) is 0.364. The van der Waals surface area contributed by atoms with Crippen LogP contribution in [0.5, 0.6) is 0 Å². The Morgan fingerprint density at radius 3 is 2.33 bits per heavy atom. The van der Waals surface area contributed by atoms with Gasteiger partial charge in [-0.1, -0.05) is 31.4 Å². The largest absolute Gasteiger partial charge is 0.399 e. The first kappa shape index (κ1) is 20.4. The maximum Gasteiger partial charge on any atom is 0.364 e. The summed E-state index contributed by atoms with van der Waals surface area (Å²) < 4.78 is 25.8. The van der Waals surface area contributed by atoms with Crippen molar-refractivity contribution in [3.63, 3.8) is 0 Å². The minimum atomic E-state index is -3.92. The number of nitrogens with two attached hydrogens (primary N) is 1. The van der Waals surface area contributed by atoms with E-state index in [4.69, 9.17) is 5.73 Å². The number of nitrogen functional groups attached to an aromatic ring is 1. The van der Waals surface area contributed by atoms with Crippen LogP contribution in [0.4, 0.5) is 21.9 Å². The van der Waals surface area contributed by atoms with Gasteiger partial charge in [-0.05, 0) is 55.7 Å². The molecule has 0 saturated heterocycles. The summed E-state index contributed by atoms with van der Waals surface area (Å²) in [6, 6.07) is 11.9. The summed E-state index contributed by atoms with van der Waals surface area (Å²) in [5.74, 6) is 0.114. The van der Waals surface area contributed by atoms with Crippen LogP contribution in [0.2, 0.25) is 0 Å². The lowest BCUT2D eigenvalue weighted by atomic mass is 9.82. The van der Waals surface area contributed by atoms with Crippen LogP contribution < -0.4 is 10.6 Å². The van der Waals surface area contributed by atoms with Gasteiger partial charge in [0.15, 0.2) is 0 Å². The first-order valence-corrected chi connectivity index (χ1v) is 12.0. The Bertz CT molecular complexity index is 1100. The molecule has 1 fully saturated rings. The van der Waals surface area contributed by atoms with Crippen molar-refractivity contribution in [1.82, 2.24) is 4.41 Å². The molecule has 0 bridgehead atoms. The zero-order valence-electron chi connectivity index (χ0n) is 17.2. The average molecular weight is 427 g/mol. The first-order valence-electron chi connectivity index (χ1n) is 10.1. The summed E-state index contributed by atoms with van der Waals surface area (Å²) in [6.07, 6.45) is 6.17. The molecule has 2 aromatic carbocycles. The number of carbonyl (C=O) groups excluding carboxylic acids is 1. The number of benzene rings is 2. The van der Waals surface area contributed by atoms with Crippen LogP contribution in [0.25, 0.3) is 0 Å². The number of aryl methyl sites for hydroxylation is 1. The molecule has 2 aromatic rings. The summed E-state index contributed by atoms with van der Waals surface area (Å²) in [5.41, 5.74) is 9.99. The van der Waals surface area contributed by atoms with Gasteiger partial charge in [-0.2, -0.15) is 5.10 Å². The lowest BCUT2D eigenvalue weighted by Gasteiger charge is -2.26. The smallest absolute Gasteiger partial charge is 0.364 e. The van der Waals surface area contributed by atoms with Gasteiger partial charge in [0.1, 0.15) is 0 Å². The molecule has 1 heterocycles. The molecule has 0 atom stereocenters. The van der Waals surface area contributed by atoms with E-state index in [-0.39, 0.29) is 5.92 Å². The second kappa shape index (κ2) is 7.75. The molecule has 1 aliphatic heterocycles. The molecule has 2 amide bonds. The monoisotopic (exact) mass is 426 g/mol. The maximum absolute atomic E-state index is 13.5. The fourth-order valence-electron chi connectivity index (χ4n) is 4.19. The number of rotatable bonds is 3. The highest BCUT2D eigenvalue weighted by Gasteiger charge is 2.37. The fourth-order valence-corrected chi connectivity index (χ4v) is 4.79. The topological polar surface area (TPSA) is 96.1 Å². The van der Waals surface area contributed by atoms with E-state index in [1.807, 2.05) is 25.1 Å². The second-order valence-electron chi connectivity index (χ2n) is 8.06. The third-order valence-electron chi connectivity index (χ3n) is 5.68. The molecule has 4 rings (SSSR count). The predicted molar refractivity (Wildman–Crippen MR) is 119 cm³/mol. The summed E-state index contributed by atoms with van der Waals surface area (Å²) >= 11 is 0. The lowest BCUT2D eigenvalue weighted by Crippen LogP contribution is -2.40. The first-order chi connectivity index (χ1) is 14.3. The third kappa shape index (κ3) is 3.79. The van der Waals surface area contributed by atoms with Crippen molar-refractivity contribution in [2.75, 3.05) is 16.9 Å². The molecule has 8 heteroatoms. The normalized spacial score (nSPS) is 18.1. The molecule has 1 saturated carbocycles. The highest BCUT2D eigenvalue weighted by molar-refractivity contribution is 7.88. The van der Waals surface area contributed by atoms with Crippen LogP contribution in [0.1, 0.15) is 43.2 Å². The minimum Gasteiger partial charge on any atom is -0.399 e. The highest BCUT2D eigenvalue weighted by Crippen LogP contribution is 2.38.